The Morgan fingerprint density at radius 1 is 0.935 bits per heavy atom. The number of aliphatic hydroxyl groups is 3. The normalized spacial score (nSPS) is 45.1. The summed E-state index contributed by atoms with van der Waals surface area (Å²) in [6.07, 6.45) is 4.74. The van der Waals surface area contributed by atoms with Crippen molar-refractivity contribution >= 4 is 23.2 Å². The lowest BCUT2D eigenvalue weighted by Gasteiger charge is -2.55. The summed E-state index contributed by atoms with van der Waals surface area (Å²) in [5.74, 6) is 2.59. The summed E-state index contributed by atoms with van der Waals surface area (Å²) >= 11 is 5.44. The standard InChI is InChI=1S/C22H35N3O5S/c26-16-15-11-30-19(18(28)17(16)27)25(15)21(31)24-4-2-1-3-23-20(29)22-8-12-5-13(9-22)7-14(6-12)10-22/h12-19,26-28H,1-11H2,(H,23,29)(H,24,31)/t12?,13?,14?,15-,16+,17-,18+,19+,22?/m0/s1. The van der Waals surface area contributed by atoms with Crippen LogP contribution in [0.1, 0.15) is 51.4 Å². The Labute approximate surface area is 188 Å². The molecule has 1 amide bonds. The number of rotatable bonds is 6. The Morgan fingerprint density at radius 2 is 1.52 bits per heavy atom. The van der Waals surface area contributed by atoms with Crippen LogP contribution in [0.3, 0.4) is 0 Å². The average Bonchev–Trinajstić information content (AvgIpc) is 3.14. The molecule has 2 saturated heterocycles. The summed E-state index contributed by atoms with van der Waals surface area (Å²) in [4.78, 5) is 14.6. The Bertz CT molecular complexity index is 668. The fraction of sp³-hybridized carbons (Fsp3) is 0.909. The molecule has 2 aliphatic heterocycles. The zero-order valence-electron chi connectivity index (χ0n) is 17.9. The van der Waals surface area contributed by atoms with Gasteiger partial charge in [-0.25, -0.2) is 0 Å². The molecule has 31 heavy (non-hydrogen) atoms. The van der Waals surface area contributed by atoms with Gasteiger partial charge in [0.25, 0.3) is 0 Å². The Kier molecular flexibility index (Phi) is 5.92. The van der Waals surface area contributed by atoms with Gasteiger partial charge in [0.05, 0.1) is 12.6 Å². The molecule has 0 spiro atoms. The fourth-order valence-corrected chi connectivity index (χ4v) is 7.59. The molecular weight excluding hydrogens is 418 g/mol. The molecule has 6 bridgehead atoms. The van der Waals surface area contributed by atoms with Gasteiger partial charge in [0.1, 0.15) is 18.3 Å². The van der Waals surface area contributed by atoms with Crippen LogP contribution in [0.2, 0.25) is 0 Å². The van der Waals surface area contributed by atoms with Gasteiger partial charge < -0.3 is 35.6 Å². The van der Waals surface area contributed by atoms with Crippen LogP contribution in [-0.4, -0.2) is 81.5 Å². The third-order valence-corrected chi connectivity index (χ3v) is 8.73. The first-order chi connectivity index (χ1) is 14.9. The van der Waals surface area contributed by atoms with E-state index in [1.807, 2.05) is 0 Å². The van der Waals surface area contributed by atoms with Gasteiger partial charge in [-0.15, -0.1) is 0 Å². The first kappa shape index (κ1) is 21.8. The van der Waals surface area contributed by atoms with Crippen molar-refractivity contribution in [3.63, 3.8) is 0 Å². The topological polar surface area (TPSA) is 114 Å². The smallest absolute Gasteiger partial charge is 0.226 e. The highest BCUT2D eigenvalue weighted by Crippen LogP contribution is 2.60. The molecule has 0 radical (unpaired) electrons. The van der Waals surface area contributed by atoms with E-state index in [0.29, 0.717) is 18.2 Å². The van der Waals surface area contributed by atoms with Crippen molar-refractivity contribution in [2.75, 3.05) is 19.7 Å². The van der Waals surface area contributed by atoms with Crippen molar-refractivity contribution in [3.05, 3.63) is 0 Å². The number of amides is 1. The summed E-state index contributed by atoms with van der Waals surface area (Å²) in [7, 11) is 0. The number of piperidine rings is 1. The van der Waals surface area contributed by atoms with E-state index >= 15 is 0 Å². The van der Waals surface area contributed by atoms with E-state index in [-0.39, 0.29) is 17.9 Å². The van der Waals surface area contributed by atoms with Crippen LogP contribution >= 0.6 is 12.2 Å². The summed E-state index contributed by atoms with van der Waals surface area (Å²) in [5, 5.41) is 37.0. The number of hydrogen-bond donors (Lipinski definition) is 5. The third-order valence-electron chi connectivity index (χ3n) is 8.38. The minimum absolute atomic E-state index is 0.0889. The van der Waals surface area contributed by atoms with E-state index in [0.717, 1.165) is 49.9 Å². The van der Waals surface area contributed by atoms with Crippen LogP contribution in [0.15, 0.2) is 0 Å². The van der Waals surface area contributed by atoms with Crippen molar-refractivity contribution in [2.24, 2.45) is 23.2 Å². The number of nitrogens with zero attached hydrogens (tertiary/aromatic N) is 1. The Hall–Kier alpha value is -1.00. The Morgan fingerprint density at radius 3 is 2.13 bits per heavy atom. The van der Waals surface area contributed by atoms with Crippen molar-refractivity contribution in [3.8, 4) is 0 Å². The monoisotopic (exact) mass is 453 g/mol. The molecule has 9 heteroatoms. The molecule has 6 aliphatic rings. The van der Waals surface area contributed by atoms with Crippen LogP contribution in [0.4, 0.5) is 0 Å². The van der Waals surface area contributed by atoms with E-state index in [9.17, 15) is 20.1 Å². The van der Waals surface area contributed by atoms with Crippen molar-refractivity contribution in [2.45, 2.75) is 81.9 Å². The molecule has 5 atom stereocenters. The number of carbonyl (C=O) groups is 1. The number of nitrogens with one attached hydrogen (secondary N) is 2. The molecule has 0 aromatic heterocycles. The molecule has 6 fully saturated rings. The predicted molar refractivity (Wildman–Crippen MR) is 117 cm³/mol. The molecule has 2 heterocycles. The van der Waals surface area contributed by atoms with Crippen LogP contribution in [-0.2, 0) is 9.53 Å². The van der Waals surface area contributed by atoms with E-state index in [4.69, 9.17) is 17.0 Å². The van der Waals surface area contributed by atoms with E-state index < -0.39 is 30.6 Å². The number of unbranched alkanes of at least 4 members (excludes halogenated alkanes) is 1. The van der Waals surface area contributed by atoms with Gasteiger partial charge in [-0.3, -0.25) is 4.79 Å². The zero-order chi connectivity index (χ0) is 21.8. The molecule has 0 aromatic carbocycles. The number of ether oxygens (including phenoxy) is 1. The van der Waals surface area contributed by atoms with Crippen molar-refractivity contribution < 1.29 is 24.9 Å². The summed E-state index contributed by atoms with van der Waals surface area (Å²) in [5.41, 5.74) is -0.0889. The summed E-state index contributed by atoms with van der Waals surface area (Å²) in [6, 6.07) is -0.456. The molecule has 8 nitrogen and oxygen atoms in total. The maximum Gasteiger partial charge on any atom is 0.226 e. The summed E-state index contributed by atoms with van der Waals surface area (Å²) < 4.78 is 5.52. The minimum Gasteiger partial charge on any atom is -0.388 e. The number of aliphatic hydroxyl groups excluding tert-OH is 3. The lowest BCUT2D eigenvalue weighted by Crippen LogP contribution is -2.65. The van der Waals surface area contributed by atoms with Gasteiger partial charge in [-0.1, -0.05) is 0 Å². The lowest BCUT2D eigenvalue weighted by molar-refractivity contribution is -0.154. The molecule has 6 rings (SSSR count). The number of hydrogen-bond acceptors (Lipinski definition) is 6. The molecule has 174 valence electrons. The minimum atomic E-state index is -1.23. The number of carbonyl (C=O) groups excluding carboxylic acids is 1. The van der Waals surface area contributed by atoms with Gasteiger partial charge in [0, 0.05) is 18.5 Å². The molecule has 0 unspecified atom stereocenters. The van der Waals surface area contributed by atoms with Crippen LogP contribution in [0, 0.1) is 23.2 Å². The largest absolute Gasteiger partial charge is 0.388 e. The molecule has 5 N–H and O–H groups in total. The average molecular weight is 454 g/mol. The van der Waals surface area contributed by atoms with Crippen LogP contribution in [0.25, 0.3) is 0 Å². The second-order valence-corrected chi connectivity index (χ2v) is 10.9. The highest BCUT2D eigenvalue weighted by Gasteiger charge is 2.55. The molecule has 0 aromatic rings. The van der Waals surface area contributed by atoms with Crippen LogP contribution in [0.5, 0.6) is 0 Å². The van der Waals surface area contributed by atoms with Gasteiger partial charge in [-0.05, 0) is 81.3 Å². The second-order valence-electron chi connectivity index (χ2n) is 10.6. The first-order valence-corrected chi connectivity index (χ1v) is 12.3. The zero-order valence-corrected chi connectivity index (χ0v) is 18.7. The maximum atomic E-state index is 13.0. The highest BCUT2D eigenvalue weighted by molar-refractivity contribution is 7.80. The van der Waals surface area contributed by atoms with Gasteiger partial charge in [0.15, 0.2) is 11.3 Å². The molecule has 4 saturated carbocycles. The second kappa shape index (κ2) is 8.41. The highest BCUT2D eigenvalue weighted by atomic mass is 32.1. The van der Waals surface area contributed by atoms with Crippen molar-refractivity contribution in [1.29, 1.82) is 0 Å². The third kappa shape index (κ3) is 3.86. The predicted octanol–water partition coefficient (Wildman–Crippen LogP) is 0.0969. The fourth-order valence-electron chi connectivity index (χ4n) is 7.25. The van der Waals surface area contributed by atoms with Crippen molar-refractivity contribution in [1.82, 2.24) is 15.5 Å². The van der Waals surface area contributed by atoms with Gasteiger partial charge in [0.2, 0.25) is 5.91 Å². The molecular formula is C22H35N3O5S. The molecule has 4 aliphatic carbocycles. The quantitative estimate of drug-likeness (QED) is 0.284. The van der Waals surface area contributed by atoms with Gasteiger partial charge >= 0.3 is 0 Å². The maximum absolute atomic E-state index is 13.0. The van der Waals surface area contributed by atoms with Gasteiger partial charge in [-0.2, -0.15) is 0 Å². The summed E-state index contributed by atoms with van der Waals surface area (Å²) in [6.45, 7) is 1.53. The number of thiocarbonyl (C=S) groups is 1. The first-order valence-electron chi connectivity index (χ1n) is 11.9. The van der Waals surface area contributed by atoms with Crippen LogP contribution < -0.4 is 10.6 Å². The van der Waals surface area contributed by atoms with E-state index in [1.54, 1.807) is 4.90 Å². The van der Waals surface area contributed by atoms with E-state index in [2.05, 4.69) is 10.6 Å². The lowest BCUT2D eigenvalue weighted by atomic mass is 9.49. The SMILES string of the molecule is O=C(NCCCCNC(=S)N1[C@@H]2OC[C@H]1[C@@H](O)[C@H](O)[C@H]2O)C12CC3CC(CC(C3)C1)C2. The Balaban J connectivity index is 1.03. The number of fused-ring (bicyclic) bond motifs is 2. The van der Waals surface area contributed by atoms with E-state index in [1.165, 1.54) is 19.3 Å².